The smallest absolute Gasteiger partial charge is 0.282 e. The zero-order valence-corrected chi connectivity index (χ0v) is 10.9. The lowest BCUT2D eigenvalue weighted by atomic mass is 10.1. The Labute approximate surface area is 114 Å². The van der Waals surface area contributed by atoms with Crippen LogP contribution in [-0.2, 0) is 0 Å². The molecule has 7 heteroatoms. The van der Waals surface area contributed by atoms with Crippen molar-refractivity contribution in [1.29, 1.82) is 0 Å². The van der Waals surface area contributed by atoms with E-state index in [2.05, 4.69) is 10.1 Å². The fourth-order valence-corrected chi connectivity index (χ4v) is 2.22. The maximum atomic E-state index is 11.1. The van der Waals surface area contributed by atoms with Gasteiger partial charge in [-0.3, -0.25) is 10.1 Å². The molecule has 0 radical (unpaired) electrons. The van der Waals surface area contributed by atoms with Crippen LogP contribution in [0.1, 0.15) is 30.3 Å². The van der Waals surface area contributed by atoms with Crippen LogP contribution in [-0.4, -0.2) is 15.1 Å². The second kappa shape index (κ2) is 4.68. The first-order valence-electron chi connectivity index (χ1n) is 6.41. The molecule has 0 spiro atoms. The van der Waals surface area contributed by atoms with Gasteiger partial charge in [0.1, 0.15) is 5.56 Å². The van der Waals surface area contributed by atoms with Gasteiger partial charge in [-0.2, -0.15) is 4.98 Å². The lowest BCUT2D eigenvalue weighted by molar-refractivity contribution is -0.384. The Kier molecular flexibility index (Phi) is 2.98. The summed E-state index contributed by atoms with van der Waals surface area (Å²) in [5.74, 6) is 0.966. The molecule has 1 aromatic heterocycles. The highest BCUT2D eigenvalue weighted by Crippen LogP contribution is 2.39. The van der Waals surface area contributed by atoms with Crippen LogP contribution in [0.5, 0.6) is 0 Å². The van der Waals surface area contributed by atoms with Crippen molar-refractivity contribution in [1.82, 2.24) is 10.1 Å². The first kappa shape index (κ1) is 12.7. The molecule has 1 heterocycles. The number of rotatable bonds is 4. The highest BCUT2D eigenvalue weighted by molar-refractivity contribution is 5.70. The maximum Gasteiger partial charge on any atom is 0.282 e. The molecule has 1 saturated carbocycles. The summed E-state index contributed by atoms with van der Waals surface area (Å²) >= 11 is 0. The fraction of sp³-hybridized carbons (Fsp3) is 0.385. The Bertz CT molecular complexity index is 663. The Morgan fingerprint density at radius 3 is 2.90 bits per heavy atom. The molecule has 1 aliphatic carbocycles. The predicted octanol–water partition coefficient (Wildman–Crippen LogP) is 2.36. The molecule has 0 bridgehead atoms. The van der Waals surface area contributed by atoms with Gasteiger partial charge in [0.25, 0.3) is 11.6 Å². The lowest BCUT2D eigenvalue weighted by Gasteiger charge is -2.03. The Balaban J connectivity index is 2.03. The van der Waals surface area contributed by atoms with E-state index in [-0.39, 0.29) is 17.6 Å². The quantitative estimate of drug-likeness (QED) is 0.677. The molecule has 1 atom stereocenters. The summed E-state index contributed by atoms with van der Waals surface area (Å²) in [5, 5.41) is 15.0. The third-order valence-corrected chi connectivity index (χ3v) is 3.53. The van der Waals surface area contributed by atoms with E-state index in [1.807, 2.05) is 0 Å². The third-order valence-electron chi connectivity index (χ3n) is 3.53. The number of nitro groups is 1. The van der Waals surface area contributed by atoms with E-state index in [4.69, 9.17) is 10.3 Å². The van der Waals surface area contributed by atoms with Gasteiger partial charge < -0.3 is 10.3 Å². The summed E-state index contributed by atoms with van der Waals surface area (Å²) in [7, 11) is 0. The zero-order valence-electron chi connectivity index (χ0n) is 10.9. The molecule has 1 unspecified atom stereocenters. The number of nitrogens with two attached hydrogens (primary N) is 1. The van der Waals surface area contributed by atoms with Crippen LogP contribution >= 0.6 is 0 Å². The maximum absolute atomic E-state index is 11.1. The Hall–Kier alpha value is -2.28. The Morgan fingerprint density at radius 2 is 2.25 bits per heavy atom. The van der Waals surface area contributed by atoms with Gasteiger partial charge in [-0.05, 0) is 31.2 Å². The molecule has 20 heavy (non-hydrogen) atoms. The van der Waals surface area contributed by atoms with E-state index in [1.54, 1.807) is 19.1 Å². The van der Waals surface area contributed by atoms with E-state index in [9.17, 15) is 10.1 Å². The van der Waals surface area contributed by atoms with Crippen molar-refractivity contribution in [3.63, 3.8) is 0 Å². The third kappa shape index (κ3) is 2.16. The highest BCUT2D eigenvalue weighted by atomic mass is 16.6. The van der Waals surface area contributed by atoms with Crippen molar-refractivity contribution in [3.05, 3.63) is 39.7 Å². The van der Waals surface area contributed by atoms with Crippen molar-refractivity contribution in [3.8, 4) is 11.5 Å². The minimum Gasteiger partial charge on any atom is -0.334 e. The minimum atomic E-state index is -0.451. The minimum absolute atomic E-state index is 0.0415. The molecule has 2 N–H and O–H groups in total. The van der Waals surface area contributed by atoms with Crippen molar-refractivity contribution < 1.29 is 9.45 Å². The van der Waals surface area contributed by atoms with Crippen LogP contribution in [0.3, 0.4) is 0 Å². The first-order valence-corrected chi connectivity index (χ1v) is 6.41. The van der Waals surface area contributed by atoms with Crippen LogP contribution in [0.25, 0.3) is 11.5 Å². The number of aromatic nitrogens is 2. The molecular formula is C13H14N4O3. The van der Waals surface area contributed by atoms with Gasteiger partial charge >= 0.3 is 0 Å². The summed E-state index contributed by atoms with van der Waals surface area (Å²) in [4.78, 5) is 14.9. The van der Waals surface area contributed by atoms with E-state index in [0.29, 0.717) is 17.3 Å². The number of hydrogen-bond donors (Lipinski definition) is 1. The molecule has 0 aliphatic heterocycles. The number of hydrogen-bond acceptors (Lipinski definition) is 6. The zero-order chi connectivity index (χ0) is 14.3. The summed E-state index contributed by atoms with van der Waals surface area (Å²) in [6.07, 6.45) is 2.13. The predicted molar refractivity (Wildman–Crippen MR) is 70.8 cm³/mol. The molecule has 2 aromatic rings. The molecule has 7 nitrogen and oxygen atoms in total. The second-order valence-electron chi connectivity index (χ2n) is 5.05. The number of nitrogens with zero attached hydrogens (tertiary/aromatic N) is 3. The molecule has 3 rings (SSSR count). The summed E-state index contributed by atoms with van der Waals surface area (Å²) < 4.78 is 5.18. The normalized spacial score (nSPS) is 16.1. The van der Waals surface area contributed by atoms with Gasteiger partial charge in [0.05, 0.1) is 11.0 Å². The van der Waals surface area contributed by atoms with Gasteiger partial charge in [-0.25, -0.2) is 0 Å². The number of aryl methyl sites for hydroxylation is 1. The highest BCUT2D eigenvalue weighted by Gasteiger charge is 2.33. The van der Waals surface area contributed by atoms with Crippen molar-refractivity contribution in [2.75, 3.05) is 0 Å². The van der Waals surface area contributed by atoms with E-state index in [1.165, 1.54) is 6.07 Å². The van der Waals surface area contributed by atoms with Crippen LogP contribution in [0.15, 0.2) is 22.7 Å². The lowest BCUT2D eigenvalue weighted by Crippen LogP contribution is -2.13. The molecule has 1 aromatic carbocycles. The van der Waals surface area contributed by atoms with Gasteiger partial charge in [0, 0.05) is 6.07 Å². The molecule has 1 aliphatic rings. The van der Waals surface area contributed by atoms with Crippen LogP contribution in [0, 0.1) is 23.0 Å². The van der Waals surface area contributed by atoms with E-state index < -0.39 is 4.92 Å². The summed E-state index contributed by atoms with van der Waals surface area (Å²) in [5.41, 5.74) is 7.04. The van der Waals surface area contributed by atoms with Crippen LogP contribution < -0.4 is 5.73 Å². The molecular weight excluding hydrogens is 260 g/mol. The van der Waals surface area contributed by atoms with Crippen molar-refractivity contribution >= 4 is 5.69 Å². The molecule has 0 amide bonds. The average Bonchev–Trinajstić information content (AvgIpc) is 3.15. The summed E-state index contributed by atoms with van der Waals surface area (Å²) in [6.45, 7) is 1.77. The van der Waals surface area contributed by atoms with Gasteiger partial charge in [0.15, 0.2) is 5.82 Å². The van der Waals surface area contributed by atoms with Crippen molar-refractivity contribution in [2.24, 2.45) is 11.7 Å². The number of benzene rings is 1. The summed E-state index contributed by atoms with van der Waals surface area (Å²) in [6, 6.07) is 4.57. The second-order valence-corrected chi connectivity index (χ2v) is 5.05. The standard InChI is InChI=1S/C13H14N4O3/c1-7-3-2-4-9(17(18)19)10(7)13-15-12(16-20-13)11(14)8-5-6-8/h2-4,8,11H,5-6,14H2,1H3. The van der Waals surface area contributed by atoms with Crippen LogP contribution in [0.4, 0.5) is 5.69 Å². The first-order chi connectivity index (χ1) is 9.58. The topological polar surface area (TPSA) is 108 Å². The van der Waals surface area contributed by atoms with E-state index in [0.717, 1.165) is 18.4 Å². The van der Waals surface area contributed by atoms with Crippen molar-refractivity contribution in [2.45, 2.75) is 25.8 Å². The average molecular weight is 274 g/mol. The largest absolute Gasteiger partial charge is 0.334 e. The molecule has 0 saturated heterocycles. The monoisotopic (exact) mass is 274 g/mol. The SMILES string of the molecule is Cc1cccc([N+](=O)[O-])c1-c1nc(C(N)C2CC2)no1. The fourth-order valence-electron chi connectivity index (χ4n) is 2.22. The Morgan fingerprint density at radius 1 is 1.50 bits per heavy atom. The van der Waals surface area contributed by atoms with E-state index >= 15 is 0 Å². The van der Waals surface area contributed by atoms with Crippen LogP contribution in [0.2, 0.25) is 0 Å². The number of nitro benzene ring substituents is 1. The molecule has 104 valence electrons. The van der Waals surface area contributed by atoms with Gasteiger partial charge in [-0.1, -0.05) is 17.3 Å². The van der Waals surface area contributed by atoms with Gasteiger partial charge in [-0.15, -0.1) is 0 Å². The van der Waals surface area contributed by atoms with Gasteiger partial charge in [0.2, 0.25) is 0 Å². The molecule has 1 fully saturated rings.